The van der Waals surface area contributed by atoms with E-state index in [1.54, 1.807) is 0 Å². The standard InChI is InChI=1S/C15H29N3O/c1-3-18(14-9-6-10-16-11-14)12(2)15(19)17-13-7-4-5-8-13/h12-14,16H,3-11H2,1-2H3,(H,17,19). The van der Waals surface area contributed by atoms with Crippen molar-refractivity contribution in [1.29, 1.82) is 0 Å². The number of rotatable bonds is 5. The average Bonchev–Trinajstić information content (AvgIpc) is 2.93. The monoisotopic (exact) mass is 267 g/mol. The van der Waals surface area contributed by atoms with Crippen LogP contribution < -0.4 is 10.6 Å². The van der Waals surface area contributed by atoms with Gasteiger partial charge < -0.3 is 10.6 Å². The second kappa shape index (κ2) is 7.25. The minimum absolute atomic E-state index is 0.00417. The van der Waals surface area contributed by atoms with Gasteiger partial charge in [-0.3, -0.25) is 9.69 Å². The smallest absolute Gasteiger partial charge is 0.237 e. The maximum absolute atomic E-state index is 12.4. The average molecular weight is 267 g/mol. The predicted molar refractivity (Wildman–Crippen MR) is 78.1 cm³/mol. The summed E-state index contributed by atoms with van der Waals surface area (Å²) in [4.78, 5) is 14.7. The summed E-state index contributed by atoms with van der Waals surface area (Å²) in [6.07, 6.45) is 7.29. The van der Waals surface area contributed by atoms with E-state index in [0.29, 0.717) is 12.1 Å². The minimum atomic E-state index is -0.00417. The fourth-order valence-corrected chi connectivity index (χ4v) is 3.51. The number of nitrogens with zero attached hydrogens (tertiary/aromatic N) is 1. The predicted octanol–water partition coefficient (Wildman–Crippen LogP) is 1.51. The fraction of sp³-hybridized carbons (Fsp3) is 0.933. The van der Waals surface area contributed by atoms with Gasteiger partial charge in [0.25, 0.3) is 0 Å². The molecule has 2 aliphatic rings. The number of piperidine rings is 1. The van der Waals surface area contributed by atoms with Gasteiger partial charge in [-0.25, -0.2) is 0 Å². The zero-order chi connectivity index (χ0) is 13.7. The quantitative estimate of drug-likeness (QED) is 0.793. The lowest BCUT2D eigenvalue weighted by Gasteiger charge is -2.37. The zero-order valence-electron chi connectivity index (χ0n) is 12.5. The van der Waals surface area contributed by atoms with E-state index in [0.717, 1.165) is 32.5 Å². The van der Waals surface area contributed by atoms with E-state index in [2.05, 4.69) is 29.4 Å². The van der Waals surface area contributed by atoms with Crippen LogP contribution in [0, 0.1) is 0 Å². The molecular formula is C15H29N3O. The summed E-state index contributed by atoms with van der Waals surface area (Å²) in [6.45, 7) is 7.31. The van der Waals surface area contributed by atoms with E-state index in [4.69, 9.17) is 0 Å². The molecule has 0 aromatic rings. The summed E-state index contributed by atoms with van der Waals surface area (Å²) in [5.41, 5.74) is 0. The van der Waals surface area contributed by atoms with Crippen LogP contribution in [0.5, 0.6) is 0 Å². The normalized spacial score (nSPS) is 26.6. The van der Waals surface area contributed by atoms with Gasteiger partial charge in [0, 0.05) is 18.6 Å². The molecule has 1 aliphatic carbocycles. The molecule has 1 aliphatic heterocycles. The number of carbonyl (C=O) groups excluding carboxylic acids is 1. The molecule has 4 nitrogen and oxygen atoms in total. The van der Waals surface area contributed by atoms with Crippen molar-refractivity contribution in [2.75, 3.05) is 19.6 Å². The van der Waals surface area contributed by atoms with Gasteiger partial charge >= 0.3 is 0 Å². The van der Waals surface area contributed by atoms with Gasteiger partial charge in [-0.2, -0.15) is 0 Å². The second-order valence-corrected chi connectivity index (χ2v) is 6.00. The van der Waals surface area contributed by atoms with Crippen LogP contribution in [0.1, 0.15) is 52.4 Å². The first-order valence-electron chi connectivity index (χ1n) is 7.99. The van der Waals surface area contributed by atoms with Crippen molar-refractivity contribution in [1.82, 2.24) is 15.5 Å². The van der Waals surface area contributed by atoms with Crippen LogP contribution >= 0.6 is 0 Å². The van der Waals surface area contributed by atoms with Crippen LogP contribution in [0.25, 0.3) is 0 Å². The molecule has 0 bridgehead atoms. The summed E-state index contributed by atoms with van der Waals surface area (Å²) >= 11 is 0. The molecule has 2 atom stereocenters. The molecule has 2 fully saturated rings. The molecule has 2 N–H and O–H groups in total. The summed E-state index contributed by atoms with van der Waals surface area (Å²) in [5.74, 6) is 0.222. The van der Waals surface area contributed by atoms with Crippen LogP contribution in [0.2, 0.25) is 0 Å². The van der Waals surface area contributed by atoms with Crippen molar-refractivity contribution < 1.29 is 4.79 Å². The Balaban J connectivity index is 1.86. The molecule has 110 valence electrons. The molecule has 19 heavy (non-hydrogen) atoms. The van der Waals surface area contributed by atoms with Crippen LogP contribution in [-0.4, -0.2) is 48.6 Å². The van der Waals surface area contributed by atoms with Gasteiger partial charge in [-0.1, -0.05) is 19.8 Å². The van der Waals surface area contributed by atoms with Crippen molar-refractivity contribution in [3.63, 3.8) is 0 Å². The number of amides is 1. The minimum Gasteiger partial charge on any atom is -0.352 e. The van der Waals surface area contributed by atoms with E-state index in [1.807, 2.05) is 0 Å². The Morgan fingerprint density at radius 2 is 2.05 bits per heavy atom. The topological polar surface area (TPSA) is 44.4 Å². The highest BCUT2D eigenvalue weighted by Crippen LogP contribution is 2.19. The number of hydrogen-bond acceptors (Lipinski definition) is 3. The van der Waals surface area contributed by atoms with Gasteiger partial charge in [0.1, 0.15) is 0 Å². The van der Waals surface area contributed by atoms with Crippen molar-refractivity contribution in [3.05, 3.63) is 0 Å². The van der Waals surface area contributed by atoms with E-state index in [1.165, 1.54) is 25.7 Å². The molecule has 1 heterocycles. The largest absolute Gasteiger partial charge is 0.352 e. The molecule has 1 saturated carbocycles. The Hall–Kier alpha value is -0.610. The summed E-state index contributed by atoms with van der Waals surface area (Å²) in [7, 11) is 0. The van der Waals surface area contributed by atoms with E-state index in [-0.39, 0.29) is 11.9 Å². The molecule has 1 amide bonds. The van der Waals surface area contributed by atoms with Gasteiger partial charge in [-0.15, -0.1) is 0 Å². The lowest BCUT2D eigenvalue weighted by Crippen LogP contribution is -2.55. The number of hydrogen-bond donors (Lipinski definition) is 2. The van der Waals surface area contributed by atoms with Crippen LogP contribution in [-0.2, 0) is 4.79 Å². The molecule has 0 aromatic carbocycles. The summed E-state index contributed by atoms with van der Waals surface area (Å²) in [6, 6.07) is 0.941. The van der Waals surface area contributed by atoms with Crippen molar-refractivity contribution in [2.45, 2.75) is 70.5 Å². The zero-order valence-corrected chi connectivity index (χ0v) is 12.5. The van der Waals surface area contributed by atoms with Gasteiger partial charge in [0.15, 0.2) is 0 Å². The molecule has 0 aromatic heterocycles. The third-order valence-electron chi connectivity index (χ3n) is 4.68. The van der Waals surface area contributed by atoms with Crippen LogP contribution in [0.15, 0.2) is 0 Å². The first kappa shape index (κ1) is 14.8. The van der Waals surface area contributed by atoms with E-state index < -0.39 is 0 Å². The fourth-order valence-electron chi connectivity index (χ4n) is 3.51. The SMILES string of the molecule is CCN(C1CCCNC1)C(C)C(=O)NC1CCCC1. The van der Waals surface area contributed by atoms with Crippen LogP contribution in [0.3, 0.4) is 0 Å². The Bertz CT molecular complexity index is 283. The van der Waals surface area contributed by atoms with Crippen LogP contribution in [0.4, 0.5) is 0 Å². The summed E-state index contributed by atoms with van der Waals surface area (Å²) in [5, 5.41) is 6.67. The van der Waals surface area contributed by atoms with E-state index in [9.17, 15) is 4.79 Å². The third-order valence-corrected chi connectivity index (χ3v) is 4.68. The highest BCUT2D eigenvalue weighted by molar-refractivity contribution is 5.81. The first-order chi connectivity index (χ1) is 9.22. The second-order valence-electron chi connectivity index (χ2n) is 6.00. The lowest BCUT2D eigenvalue weighted by atomic mass is 10.0. The Morgan fingerprint density at radius 1 is 1.32 bits per heavy atom. The summed E-state index contributed by atoms with van der Waals surface area (Å²) < 4.78 is 0. The maximum Gasteiger partial charge on any atom is 0.237 e. The Morgan fingerprint density at radius 3 is 2.63 bits per heavy atom. The van der Waals surface area contributed by atoms with Crippen molar-refractivity contribution in [2.24, 2.45) is 0 Å². The molecule has 1 saturated heterocycles. The lowest BCUT2D eigenvalue weighted by molar-refractivity contribution is -0.127. The molecule has 0 radical (unpaired) electrons. The molecule has 2 unspecified atom stereocenters. The van der Waals surface area contributed by atoms with Crippen molar-refractivity contribution >= 4 is 5.91 Å². The number of nitrogens with one attached hydrogen (secondary N) is 2. The number of carbonyl (C=O) groups is 1. The third kappa shape index (κ3) is 3.93. The highest BCUT2D eigenvalue weighted by Gasteiger charge is 2.29. The maximum atomic E-state index is 12.4. The van der Waals surface area contributed by atoms with Crippen molar-refractivity contribution in [3.8, 4) is 0 Å². The molecular weight excluding hydrogens is 238 g/mol. The van der Waals surface area contributed by atoms with Gasteiger partial charge in [0.05, 0.1) is 6.04 Å². The van der Waals surface area contributed by atoms with E-state index >= 15 is 0 Å². The molecule has 0 spiro atoms. The Kier molecular flexibility index (Phi) is 5.64. The Labute approximate surface area is 117 Å². The van der Waals surface area contributed by atoms with Gasteiger partial charge in [-0.05, 0) is 45.7 Å². The first-order valence-corrected chi connectivity index (χ1v) is 7.99. The molecule has 4 heteroatoms. The molecule has 2 rings (SSSR count). The highest BCUT2D eigenvalue weighted by atomic mass is 16.2. The number of likely N-dealkylation sites (N-methyl/N-ethyl adjacent to an activating group) is 1. The van der Waals surface area contributed by atoms with Gasteiger partial charge in [0.2, 0.25) is 5.91 Å².